The number of hydrogen-bond acceptors (Lipinski definition) is 8. The van der Waals surface area contributed by atoms with E-state index in [9.17, 15) is 4.79 Å². The molecule has 3 aromatic rings. The number of nitrogens with zero attached hydrogens (tertiary/aromatic N) is 4. The van der Waals surface area contributed by atoms with E-state index in [-0.39, 0.29) is 12.5 Å². The van der Waals surface area contributed by atoms with Crippen molar-refractivity contribution in [3.63, 3.8) is 0 Å². The SMILES string of the molecule is CCOCCNc1nc(SCC)nc2c1cnn2CCNC(=O)COc1ccc(C(C)C)cc1. The van der Waals surface area contributed by atoms with Crippen molar-refractivity contribution in [2.75, 3.05) is 44.0 Å². The summed E-state index contributed by atoms with van der Waals surface area (Å²) in [6.07, 6.45) is 1.75. The lowest BCUT2D eigenvalue weighted by Gasteiger charge is -2.10. The van der Waals surface area contributed by atoms with Crippen LogP contribution >= 0.6 is 11.8 Å². The molecular weight excluding hydrogens is 452 g/mol. The number of anilines is 1. The first-order valence-electron chi connectivity index (χ1n) is 11.7. The fraction of sp³-hybridized carbons (Fsp3) is 0.500. The molecule has 3 rings (SSSR count). The standard InChI is InChI=1S/C24H34N6O3S/c1-5-32-14-12-26-22-20-15-27-30(23(20)29-24(28-22)34-6-2)13-11-25-21(31)16-33-19-9-7-18(8-10-19)17(3)4/h7-10,15,17H,5-6,11-14,16H2,1-4H3,(H,25,31)(H,26,28,29). The largest absolute Gasteiger partial charge is 0.484 e. The maximum atomic E-state index is 12.2. The average Bonchev–Trinajstić information content (AvgIpc) is 3.24. The van der Waals surface area contributed by atoms with Gasteiger partial charge in [0.25, 0.3) is 5.91 Å². The minimum Gasteiger partial charge on any atom is -0.484 e. The Morgan fingerprint density at radius 2 is 1.94 bits per heavy atom. The van der Waals surface area contributed by atoms with Gasteiger partial charge in [-0.05, 0) is 36.3 Å². The van der Waals surface area contributed by atoms with Crippen LogP contribution in [0.5, 0.6) is 5.75 Å². The van der Waals surface area contributed by atoms with Crippen molar-refractivity contribution in [3.8, 4) is 5.75 Å². The lowest BCUT2D eigenvalue weighted by atomic mass is 10.0. The van der Waals surface area contributed by atoms with Gasteiger partial charge in [0.05, 0.1) is 24.7 Å². The van der Waals surface area contributed by atoms with Gasteiger partial charge in [-0.2, -0.15) is 5.10 Å². The van der Waals surface area contributed by atoms with Gasteiger partial charge in [-0.25, -0.2) is 14.6 Å². The number of aromatic nitrogens is 4. The number of fused-ring (bicyclic) bond motifs is 1. The molecule has 2 aromatic heterocycles. The van der Waals surface area contributed by atoms with Gasteiger partial charge in [-0.15, -0.1) is 0 Å². The van der Waals surface area contributed by atoms with E-state index in [0.29, 0.717) is 49.7 Å². The first kappa shape index (κ1) is 25.8. The van der Waals surface area contributed by atoms with Gasteiger partial charge >= 0.3 is 0 Å². The Morgan fingerprint density at radius 1 is 1.15 bits per heavy atom. The second-order valence-corrected chi connectivity index (χ2v) is 9.11. The molecule has 0 saturated heterocycles. The molecule has 0 atom stereocenters. The van der Waals surface area contributed by atoms with Crippen molar-refractivity contribution in [1.29, 1.82) is 0 Å². The number of rotatable bonds is 14. The highest BCUT2D eigenvalue weighted by molar-refractivity contribution is 7.99. The molecule has 0 saturated carbocycles. The molecule has 184 valence electrons. The summed E-state index contributed by atoms with van der Waals surface area (Å²) < 4.78 is 12.8. The maximum absolute atomic E-state index is 12.2. The van der Waals surface area contributed by atoms with Crippen molar-refractivity contribution >= 4 is 34.5 Å². The summed E-state index contributed by atoms with van der Waals surface area (Å²) in [4.78, 5) is 21.5. The lowest BCUT2D eigenvalue weighted by molar-refractivity contribution is -0.123. The molecule has 0 unspecified atom stereocenters. The molecule has 0 aliphatic heterocycles. The van der Waals surface area contributed by atoms with Crippen molar-refractivity contribution in [1.82, 2.24) is 25.1 Å². The molecule has 0 spiro atoms. The van der Waals surface area contributed by atoms with Crippen LogP contribution in [0.4, 0.5) is 5.82 Å². The zero-order chi connectivity index (χ0) is 24.3. The second kappa shape index (κ2) is 13.1. The van der Waals surface area contributed by atoms with Gasteiger partial charge in [0.2, 0.25) is 0 Å². The van der Waals surface area contributed by atoms with Crippen molar-refractivity contribution in [2.45, 2.75) is 45.3 Å². The zero-order valence-corrected chi connectivity index (χ0v) is 21.2. The first-order valence-corrected chi connectivity index (χ1v) is 12.7. The summed E-state index contributed by atoms with van der Waals surface area (Å²) in [5.74, 6) is 2.57. The van der Waals surface area contributed by atoms with Gasteiger partial charge in [-0.3, -0.25) is 4.79 Å². The minimum absolute atomic E-state index is 0.0335. The normalized spacial score (nSPS) is 11.2. The third-order valence-corrected chi connectivity index (χ3v) is 5.78. The number of amides is 1. The summed E-state index contributed by atoms with van der Waals surface area (Å²) in [5.41, 5.74) is 1.97. The number of ether oxygens (including phenoxy) is 2. The van der Waals surface area contributed by atoms with E-state index in [0.717, 1.165) is 22.6 Å². The van der Waals surface area contributed by atoms with Gasteiger partial charge in [-0.1, -0.05) is 44.7 Å². The number of hydrogen-bond donors (Lipinski definition) is 2. The fourth-order valence-corrected chi connectivity index (χ4v) is 3.83. The smallest absolute Gasteiger partial charge is 0.258 e. The number of thioether (sulfide) groups is 1. The topological polar surface area (TPSA) is 103 Å². The van der Waals surface area contributed by atoms with Crippen LogP contribution in [0.1, 0.15) is 39.2 Å². The molecule has 1 amide bonds. The number of benzene rings is 1. The Morgan fingerprint density at radius 3 is 2.65 bits per heavy atom. The van der Waals surface area contributed by atoms with E-state index in [1.165, 1.54) is 5.56 Å². The van der Waals surface area contributed by atoms with Crippen LogP contribution in [-0.2, 0) is 16.1 Å². The number of carbonyl (C=O) groups excluding carboxylic acids is 1. The van der Waals surface area contributed by atoms with E-state index >= 15 is 0 Å². The third-order valence-electron chi connectivity index (χ3n) is 5.05. The molecular formula is C24H34N6O3S. The Kier molecular flexibility index (Phi) is 9.96. The van der Waals surface area contributed by atoms with Crippen LogP contribution in [-0.4, -0.2) is 64.3 Å². The van der Waals surface area contributed by atoms with Crippen LogP contribution in [0.2, 0.25) is 0 Å². The van der Waals surface area contributed by atoms with Crippen molar-refractivity contribution in [3.05, 3.63) is 36.0 Å². The molecule has 0 aliphatic rings. The summed E-state index contributed by atoms with van der Waals surface area (Å²) in [5, 5.41) is 12.2. The van der Waals surface area contributed by atoms with E-state index in [2.05, 4.69) is 46.5 Å². The Balaban J connectivity index is 1.55. The van der Waals surface area contributed by atoms with Crippen molar-refractivity contribution in [2.24, 2.45) is 0 Å². The molecule has 0 bridgehead atoms. The summed E-state index contributed by atoms with van der Waals surface area (Å²) in [6, 6.07) is 7.83. The van der Waals surface area contributed by atoms with E-state index in [1.54, 1.807) is 22.6 Å². The quantitative estimate of drug-likeness (QED) is 0.202. The number of nitrogens with one attached hydrogen (secondary N) is 2. The van der Waals surface area contributed by atoms with Crippen molar-refractivity contribution < 1.29 is 14.3 Å². The van der Waals surface area contributed by atoms with Gasteiger partial charge in [0.1, 0.15) is 11.6 Å². The van der Waals surface area contributed by atoms with Gasteiger partial charge < -0.3 is 20.1 Å². The zero-order valence-electron chi connectivity index (χ0n) is 20.3. The highest BCUT2D eigenvalue weighted by atomic mass is 32.2. The molecule has 2 N–H and O–H groups in total. The molecule has 0 radical (unpaired) electrons. The second-order valence-electron chi connectivity index (χ2n) is 7.88. The monoisotopic (exact) mass is 486 g/mol. The molecule has 0 fully saturated rings. The molecule has 1 aromatic carbocycles. The molecule has 2 heterocycles. The van der Waals surface area contributed by atoms with E-state index < -0.39 is 0 Å². The molecule has 9 nitrogen and oxygen atoms in total. The molecule has 34 heavy (non-hydrogen) atoms. The highest BCUT2D eigenvalue weighted by Crippen LogP contribution is 2.24. The van der Waals surface area contributed by atoms with Crippen LogP contribution in [0, 0.1) is 0 Å². The summed E-state index contributed by atoms with van der Waals surface area (Å²) in [6.45, 7) is 11.1. The Labute approximate surface area is 205 Å². The van der Waals surface area contributed by atoms with Gasteiger partial charge in [0.15, 0.2) is 17.4 Å². The van der Waals surface area contributed by atoms with E-state index in [1.807, 2.05) is 31.2 Å². The third kappa shape index (κ3) is 7.33. The molecule has 10 heteroatoms. The Bertz CT molecular complexity index is 1050. The maximum Gasteiger partial charge on any atom is 0.258 e. The summed E-state index contributed by atoms with van der Waals surface area (Å²) >= 11 is 1.57. The van der Waals surface area contributed by atoms with Crippen LogP contribution in [0.25, 0.3) is 11.0 Å². The lowest BCUT2D eigenvalue weighted by Crippen LogP contribution is -2.31. The predicted molar refractivity (Wildman–Crippen MR) is 136 cm³/mol. The van der Waals surface area contributed by atoms with Gasteiger partial charge in [0, 0.05) is 19.7 Å². The first-order chi connectivity index (χ1) is 16.5. The van der Waals surface area contributed by atoms with Crippen LogP contribution in [0.3, 0.4) is 0 Å². The summed E-state index contributed by atoms with van der Waals surface area (Å²) in [7, 11) is 0. The molecule has 0 aliphatic carbocycles. The van der Waals surface area contributed by atoms with Crippen LogP contribution < -0.4 is 15.4 Å². The highest BCUT2D eigenvalue weighted by Gasteiger charge is 2.13. The van der Waals surface area contributed by atoms with E-state index in [4.69, 9.17) is 9.47 Å². The predicted octanol–water partition coefficient (Wildman–Crippen LogP) is 3.71. The van der Waals surface area contributed by atoms with Crippen LogP contribution in [0.15, 0.2) is 35.6 Å². The number of carbonyl (C=O) groups is 1. The average molecular weight is 487 g/mol. The minimum atomic E-state index is -0.181. The Hall–Kier alpha value is -2.85. The fourth-order valence-electron chi connectivity index (χ4n) is 3.26.